The highest BCUT2D eigenvalue weighted by molar-refractivity contribution is 5.88. The first-order chi connectivity index (χ1) is 20.8. The van der Waals surface area contributed by atoms with Crippen LogP contribution in [0.15, 0.2) is 64.4 Å². The van der Waals surface area contributed by atoms with Crippen LogP contribution in [0.25, 0.3) is 11.2 Å². The fraction of sp³-hybridized carbons (Fsp3) is 0.438. The standard InChI is InChI=1S/C16H25NO2.C8H10N4O2.C8H9NO2/c1-17(2)12-14-7-4-5-10-16(14,18)13-8-6-9-15(11-13)19-3;1-10-4-9-6-5(10)7(13)12(3)8(14)11(6)2;1-6(10)9-7-2-4-8(11)5-3-7/h6,8-9,11,14,18H,4-5,7,10,12H2,1-3H3;4H,1-3H3;2-5,11H,1H3,(H,9,10)/t14-,16+;;/m1../s1. The summed E-state index contributed by atoms with van der Waals surface area (Å²) in [5.74, 6) is 1.19. The Hall–Kier alpha value is -4.42. The topological polar surface area (TPSA) is 144 Å². The summed E-state index contributed by atoms with van der Waals surface area (Å²) in [6.45, 7) is 2.36. The zero-order valence-electron chi connectivity index (χ0n) is 26.6. The summed E-state index contributed by atoms with van der Waals surface area (Å²) in [6.07, 6.45) is 5.76. The molecule has 1 amide bonds. The highest BCUT2D eigenvalue weighted by Gasteiger charge is 2.40. The molecule has 1 fully saturated rings. The molecule has 12 nitrogen and oxygen atoms in total. The molecule has 1 aliphatic carbocycles. The Morgan fingerprint density at radius 2 is 1.77 bits per heavy atom. The Bertz CT molecular complexity index is 1670. The number of nitrogens with zero attached hydrogens (tertiary/aromatic N) is 5. The quantitative estimate of drug-likeness (QED) is 0.294. The fourth-order valence-electron chi connectivity index (χ4n) is 5.40. The molecule has 0 spiro atoms. The monoisotopic (exact) mass is 608 g/mol. The number of fused-ring (bicyclic) bond motifs is 1. The number of aromatic hydroxyl groups is 1. The predicted molar refractivity (Wildman–Crippen MR) is 171 cm³/mol. The number of carbonyl (C=O) groups excluding carboxylic acids is 1. The lowest BCUT2D eigenvalue weighted by Crippen LogP contribution is -2.43. The third-order valence-electron chi connectivity index (χ3n) is 7.70. The molecule has 44 heavy (non-hydrogen) atoms. The van der Waals surface area contributed by atoms with E-state index in [1.165, 1.54) is 43.4 Å². The molecule has 1 aliphatic rings. The van der Waals surface area contributed by atoms with E-state index in [0.717, 1.165) is 41.7 Å². The molecule has 0 unspecified atom stereocenters. The molecule has 2 heterocycles. The molecule has 1 saturated carbocycles. The van der Waals surface area contributed by atoms with Crippen molar-refractivity contribution in [3.63, 3.8) is 0 Å². The van der Waals surface area contributed by atoms with E-state index in [1.807, 2.05) is 24.3 Å². The number of amides is 1. The maximum absolute atomic E-state index is 11.7. The number of benzene rings is 2. The van der Waals surface area contributed by atoms with Crippen molar-refractivity contribution in [3.8, 4) is 11.5 Å². The number of phenols is 1. The smallest absolute Gasteiger partial charge is 0.332 e. The number of hydrogen-bond acceptors (Lipinski definition) is 8. The van der Waals surface area contributed by atoms with Gasteiger partial charge in [0.1, 0.15) is 11.5 Å². The molecule has 2 aromatic carbocycles. The zero-order chi connectivity index (χ0) is 32.6. The van der Waals surface area contributed by atoms with E-state index < -0.39 is 5.60 Å². The van der Waals surface area contributed by atoms with Gasteiger partial charge in [-0.2, -0.15) is 0 Å². The Kier molecular flexibility index (Phi) is 11.5. The van der Waals surface area contributed by atoms with Crippen molar-refractivity contribution in [2.45, 2.75) is 38.2 Å². The molecule has 0 radical (unpaired) electrons. The minimum atomic E-state index is -0.711. The van der Waals surface area contributed by atoms with Crippen molar-refractivity contribution < 1.29 is 19.7 Å². The minimum Gasteiger partial charge on any atom is -0.508 e. The van der Waals surface area contributed by atoms with Gasteiger partial charge in [-0.05, 0) is 68.9 Å². The number of aliphatic hydroxyl groups is 1. The number of hydrogen-bond donors (Lipinski definition) is 3. The van der Waals surface area contributed by atoms with Gasteiger partial charge in [0.15, 0.2) is 11.2 Å². The number of rotatable bonds is 5. The van der Waals surface area contributed by atoms with Crippen molar-refractivity contribution in [2.75, 3.05) is 33.1 Å². The number of imidazole rings is 1. The number of carbonyl (C=O) groups is 1. The average Bonchev–Trinajstić information content (AvgIpc) is 3.39. The van der Waals surface area contributed by atoms with Crippen molar-refractivity contribution >= 4 is 22.8 Å². The molecule has 0 aliphatic heterocycles. The van der Waals surface area contributed by atoms with Gasteiger partial charge in [0.05, 0.1) is 19.0 Å². The van der Waals surface area contributed by atoms with Crippen molar-refractivity contribution in [1.29, 1.82) is 0 Å². The molecule has 3 N–H and O–H groups in total. The van der Waals surface area contributed by atoms with Gasteiger partial charge in [0, 0.05) is 46.2 Å². The van der Waals surface area contributed by atoms with E-state index in [-0.39, 0.29) is 22.9 Å². The molecule has 5 rings (SSSR count). The number of aryl methyl sites for hydroxylation is 2. The van der Waals surface area contributed by atoms with Gasteiger partial charge in [0.25, 0.3) is 5.56 Å². The van der Waals surface area contributed by atoms with Crippen LogP contribution in [0.5, 0.6) is 11.5 Å². The van der Waals surface area contributed by atoms with Gasteiger partial charge in [0.2, 0.25) is 5.91 Å². The van der Waals surface area contributed by atoms with E-state index in [0.29, 0.717) is 22.8 Å². The van der Waals surface area contributed by atoms with Crippen molar-refractivity contribution in [2.24, 2.45) is 27.1 Å². The van der Waals surface area contributed by atoms with E-state index in [9.17, 15) is 19.5 Å². The van der Waals surface area contributed by atoms with Gasteiger partial charge >= 0.3 is 5.69 Å². The van der Waals surface area contributed by atoms with Crippen LogP contribution in [-0.4, -0.2) is 67.5 Å². The lowest BCUT2D eigenvalue weighted by molar-refractivity contribution is -0.114. The number of phenolic OH excluding ortho intramolecular Hbond substituents is 1. The first kappa shape index (κ1) is 34.1. The van der Waals surface area contributed by atoms with Gasteiger partial charge in [-0.3, -0.25) is 18.7 Å². The first-order valence-corrected chi connectivity index (χ1v) is 14.4. The Labute approximate surface area is 257 Å². The molecule has 0 bridgehead atoms. The third-order valence-corrected chi connectivity index (χ3v) is 7.70. The van der Waals surface area contributed by atoms with Crippen molar-refractivity contribution in [1.82, 2.24) is 23.6 Å². The average molecular weight is 609 g/mol. The predicted octanol–water partition coefficient (Wildman–Crippen LogP) is 2.96. The maximum Gasteiger partial charge on any atom is 0.332 e. The minimum absolute atomic E-state index is 0.115. The molecule has 4 aromatic rings. The van der Waals surface area contributed by atoms with Crippen LogP contribution in [-0.2, 0) is 31.5 Å². The molecular weight excluding hydrogens is 564 g/mol. The number of ether oxygens (including phenoxy) is 1. The van der Waals surface area contributed by atoms with Gasteiger partial charge < -0.3 is 29.7 Å². The number of anilines is 1. The van der Waals surface area contributed by atoms with Crippen LogP contribution in [0.4, 0.5) is 5.69 Å². The molecule has 0 saturated heterocycles. The van der Waals surface area contributed by atoms with Crippen molar-refractivity contribution in [3.05, 3.63) is 81.3 Å². The van der Waals surface area contributed by atoms with Crippen LogP contribution >= 0.6 is 0 Å². The highest BCUT2D eigenvalue weighted by atomic mass is 16.5. The summed E-state index contributed by atoms with van der Waals surface area (Å²) in [4.78, 5) is 39.8. The summed E-state index contributed by atoms with van der Waals surface area (Å²) in [5.41, 5.74) is 1.16. The van der Waals surface area contributed by atoms with Gasteiger partial charge in [-0.25, -0.2) is 9.78 Å². The molecule has 2 atom stereocenters. The Morgan fingerprint density at radius 3 is 2.39 bits per heavy atom. The maximum atomic E-state index is 11.7. The summed E-state index contributed by atoms with van der Waals surface area (Å²) in [7, 11) is 10.6. The Balaban J connectivity index is 0.000000188. The fourth-order valence-corrected chi connectivity index (χ4v) is 5.40. The summed E-state index contributed by atoms with van der Waals surface area (Å²) in [5, 5.41) is 22.6. The first-order valence-electron chi connectivity index (χ1n) is 14.4. The summed E-state index contributed by atoms with van der Waals surface area (Å²) >= 11 is 0. The molecular formula is C32H44N6O6. The second-order valence-electron chi connectivity index (χ2n) is 11.3. The number of nitrogens with one attached hydrogen (secondary N) is 1. The van der Waals surface area contributed by atoms with Crippen LogP contribution in [0, 0.1) is 5.92 Å². The second kappa shape index (κ2) is 14.8. The number of aromatic nitrogens is 4. The van der Waals surface area contributed by atoms with Crippen LogP contribution in [0.1, 0.15) is 38.2 Å². The zero-order valence-corrected chi connectivity index (χ0v) is 26.6. The second-order valence-corrected chi connectivity index (χ2v) is 11.3. The van der Waals surface area contributed by atoms with E-state index in [1.54, 1.807) is 37.9 Å². The molecule has 2 aromatic heterocycles. The van der Waals surface area contributed by atoms with Gasteiger partial charge in [-0.15, -0.1) is 0 Å². The summed E-state index contributed by atoms with van der Waals surface area (Å²) in [6, 6.07) is 14.2. The summed E-state index contributed by atoms with van der Waals surface area (Å²) < 4.78 is 9.33. The van der Waals surface area contributed by atoms with Crippen LogP contribution in [0.2, 0.25) is 0 Å². The highest BCUT2D eigenvalue weighted by Crippen LogP contribution is 2.42. The number of methoxy groups -OCH3 is 1. The molecule has 238 valence electrons. The lowest BCUT2D eigenvalue weighted by atomic mass is 9.71. The van der Waals surface area contributed by atoms with Gasteiger partial charge in [-0.1, -0.05) is 25.0 Å². The Morgan fingerprint density at radius 1 is 1.09 bits per heavy atom. The molecule has 12 heteroatoms. The van der Waals surface area contributed by atoms with E-state index >= 15 is 0 Å². The van der Waals surface area contributed by atoms with E-state index in [2.05, 4.69) is 29.3 Å². The normalized spacial score (nSPS) is 17.7. The SMILES string of the molecule is CC(=O)Nc1ccc(O)cc1.COc1cccc([C@@]2(O)CCCC[C@@H]2CN(C)C)c1.Cn1c(=O)c2c(ncn2C)n(C)c1=O. The largest absolute Gasteiger partial charge is 0.508 e. The lowest BCUT2D eigenvalue weighted by Gasteiger charge is -2.41. The van der Waals surface area contributed by atoms with Crippen LogP contribution < -0.4 is 21.3 Å². The third kappa shape index (κ3) is 8.14. The van der Waals surface area contributed by atoms with E-state index in [4.69, 9.17) is 9.84 Å². The van der Waals surface area contributed by atoms with Crippen LogP contribution in [0.3, 0.4) is 0 Å².